The fraction of sp³-hybridized carbons (Fsp3) is 0.300. The van der Waals surface area contributed by atoms with Crippen molar-refractivity contribution >= 4 is 21.8 Å². The van der Waals surface area contributed by atoms with E-state index in [2.05, 4.69) is 60.5 Å². The lowest BCUT2D eigenvalue weighted by atomic mass is 10.2. The quantitative estimate of drug-likeness (QED) is 0.609. The van der Waals surface area contributed by atoms with Crippen LogP contribution in [0, 0.1) is 0 Å². The molecule has 1 fully saturated rings. The molecule has 8 heteroatoms. The number of benzene rings is 2. The molecule has 0 saturated carbocycles. The molecule has 2 heterocycles. The number of hydrogen-bond donors (Lipinski definition) is 0. The predicted octanol–water partition coefficient (Wildman–Crippen LogP) is 2.45. The maximum absolute atomic E-state index is 12.6. The SMILES string of the molecule is O=C(Cn1nnc(-c2ccc(Br)cc2)n1)N1CCN(Cc2ccccc2)CC1. The molecule has 1 aliphatic rings. The van der Waals surface area contributed by atoms with Crippen LogP contribution in [0.1, 0.15) is 5.56 Å². The lowest BCUT2D eigenvalue weighted by Gasteiger charge is -2.34. The van der Waals surface area contributed by atoms with Gasteiger partial charge in [-0.1, -0.05) is 46.3 Å². The van der Waals surface area contributed by atoms with Gasteiger partial charge in [0.2, 0.25) is 11.7 Å². The van der Waals surface area contributed by atoms with E-state index < -0.39 is 0 Å². The summed E-state index contributed by atoms with van der Waals surface area (Å²) in [7, 11) is 0. The van der Waals surface area contributed by atoms with Crippen LogP contribution in [-0.4, -0.2) is 62.1 Å². The Morgan fingerprint density at radius 3 is 2.39 bits per heavy atom. The summed E-state index contributed by atoms with van der Waals surface area (Å²) in [5.41, 5.74) is 2.17. The molecule has 2 aromatic carbocycles. The van der Waals surface area contributed by atoms with E-state index in [1.807, 2.05) is 35.2 Å². The van der Waals surface area contributed by atoms with E-state index in [4.69, 9.17) is 0 Å². The number of aromatic nitrogens is 4. The highest BCUT2D eigenvalue weighted by molar-refractivity contribution is 9.10. The molecule has 1 aliphatic heterocycles. The summed E-state index contributed by atoms with van der Waals surface area (Å²) in [6.45, 7) is 4.22. The van der Waals surface area contributed by atoms with E-state index >= 15 is 0 Å². The number of carbonyl (C=O) groups is 1. The van der Waals surface area contributed by atoms with Crippen LogP contribution >= 0.6 is 15.9 Å². The first-order chi connectivity index (χ1) is 13.7. The van der Waals surface area contributed by atoms with E-state index in [-0.39, 0.29) is 12.5 Å². The first-order valence-corrected chi connectivity index (χ1v) is 10.0. The van der Waals surface area contributed by atoms with Crippen molar-refractivity contribution < 1.29 is 4.79 Å². The standard InChI is InChI=1S/C20H21BrN6O/c21-18-8-6-17(7-9-18)20-22-24-27(23-20)15-19(28)26-12-10-25(11-13-26)14-16-4-2-1-3-5-16/h1-9H,10-15H2. The summed E-state index contributed by atoms with van der Waals surface area (Å²) in [5, 5.41) is 12.4. The Morgan fingerprint density at radius 1 is 0.964 bits per heavy atom. The zero-order valence-corrected chi connectivity index (χ0v) is 17.0. The van der Waals surface area contributed by atoms with Gasteiger partial charge in [0, 0.05) is 42.8 Å². The molecule has 0 unspecified atom stereocenters. The fourth-order valence-corrected chi connectivity index (χ4v) is 3.51. The van der Waals surface area contributed by atoms with Crippen LogP contribution in [0.15, 0.2) is 59.1 Å². The van der Waals surface area contributed by atoms with Crippen molar-refractivity contribution in [1.82, 2.24) is 30.0 Å². The van der Waals surface area contributed by atoms with Crippen LogP contribution in [0.2, 0.25) is 0 Å². The van der Waals surface area contributed by atoms with Crippen LogP contribution in [0.3, 0.4) is 0 Å². The van der Waals surface area contributed by atoms with Gasteiger partial charge in [0.25, 0.3) is 0 Å². The van der Waals surface area contributed by atoms with E-state index in [1.54, 1.807) is 0 Å². The van der Waals surface area contributed by atoms with Crippen LogP contribution in [0.5, 0.6) is 0 Å². The Kier molecular flexibility index (Phi) is 5.78. The van der Waals surface area contributed by atoms with Crippen LogP contribution < -0.4 is 0 Å². The Labute approximate surface area is 172 Å². The topological polar surface area (TPSA) is 67.2 Å². The lowest BCUT2D eigenvalue weighted by Crippen LogP contribution is -2.49. The third kappa shape index (κ3) is 4.63. The van der Waals surface area contributed by atoms with Gasteiger partial charge in [-0.2, -0.15) is 4.80 Å². The molecular weight excluding hydrogens is 420 g/mol. The smallest absolute Gasteiger partial charge is 0.246 e. The number of nitrogens with zero attached hydrogens (tertiary/aromatic N) is 6. The van der Waals surface area contributed by atoms with Crippen molar-refractivity contribution in [3.8, 4) is 11.4 Å². The minimum atomic E-state index is 0.0270. The van der Waals surface area contributed by atoms with E-state index in [0.717, 1.165) is 42.8 Å². The summed E-state index contributed by atoms with van der Waals surface area (Å²) in [6.07, 6.45) is 0. The molecule has 28 heavy (non-hydrogen) atoms. The zero-order valence-electron chi connectivity index (χ0n) is 15.4. The molecule has 0 atom stereocenters. The maximum atomic E-state index is 12.6. The van der Waals surface area contributed by atoms with Gasteiger partial charge in [-0.15, -0.1) is 10.2 Å². The van der Waals surface area contributed by atoms with Crippen molar-refractivity contribution in [2.75, 3.05) is 26.2 Å². The van der Waals surface area contributed by atoms with Crippen LogP contribution in [0.4, 0.5) is 0 Å². The normalized spacial score (nSPS) is 15.0. The van der Waals surface area contributed by atoms with Crippen molar-refractivity contribution in [2.45, 2.75) is 13.1 Å². The highest BCUT2D eigenvalue weighted by Gasteiger charge is 2.22. The minimum Gasteiger partial charge on any atom is -0.338 e. The lowest BCUT2D eigenvalue weighted by molar-refractivity contribution is -0.134. The molecule has 0 radical (unpaired) electrons. The van der Waals surface area contributed by atoms with Gasteiger partial charge < -0.3 is 4.90 Å². The summed E-state index contributed by atoms with van der Waals surface area (Å²) in [6, 6.07) is 18.1. The number of halogens is 1. The Balaban J connectivity index is 1.29. The molecule has 0 bridgehead atoms. The van der Waals surface area contributed by atoms with Crippen LogP contribution in [0.25, 0.3) is 11.4 Å². The third-order valence-electron chi connectivity index (χ3n) is 4.81. The van der Waals surface area contributed by atoms with Gasteiger partial charge >= 0.3 is 0 Å². The molecule has 144 valence electrons. The third-order valence-corrected chi connectivity index (χ3v) is 5.33. The monoisotopic (exact) mass is 440 g/mol. The molecule has 1 aromatic heterocycles. The highest BCUT2D eigenvalue weighted by Crippen LogP contribution is 2.17. The summed E-state index contributed by atoms with van der Waals surface area (Å²) in [4.78, 5) is 18.2. The number of carbonyl (C=O) groups excluding carboxylic acids is 1. The highest BCUT2D eigenvalue weighted by atomic mass is 79.9. The van der Waals surface area contributed by atoms with Gasteiger partial charge in [0.15, 0.2) is 0 Å². The van der Waals surface area contributed by atoms with Gasteiger partial charge in [-0.25, -0.2) is 0 Å². The molecule has 0 aliphatic carbocycles. The van der Waals surface area contributed by atoms with E-state index in [9.17, 15) is 4.79 Å². The average molecular weight is 441 g/mol. The fourth-order valence-electron chi connectivity index (χ4n) is 3.24. The molecular formula is C20H21BrN6O. The maximum Gasteiger partial charge on any atom is 0.246 e. The van der Waals surface area contributed by atoms with Gasteiger partial charge in [-0.05, 0) is 35.0 Å². The van der Waals surface area contributed by atoms with E-state index in [1.165, 1.54) is 10.4 Å². The molecule has 0 N–H and O–H groups in total. The predicted molar refractivity (Wildman–Crippen MR) is 109 cm³/mol. The molecule has 0 spiro atoms. The molecule has 1 saturated heterocycles. The first kappa shape index (κ1) is 18.8. The van der Waals surface area contributed by atoms with Gasteiger partial charge in [0.05, 0.1) is 0 Å². The van der Waals surface area contributed by atoms with Crippen LogP contribution in [-0.2, 0) is 17.9 Å². The summed E-state index contributed by atoms with van der Waals surface area (Å²) < 4.78 is 0.991. The number of rotatable bonds is 5. The molecule has 4 rings (SSSR count). The van der Waals surface area contributed by atoms with Crippen molar-refractivity contribution in [1.29, 1.82) is 0 Å². The number of hydrogen-bond acceptors (Lipinski definition) is 5. The Bertz CT molecular complexity index is 919. The Hall–Kier alpha value is -2.58. The second-order valence-corrected chi connectivity index (χ2v) is 7.71. The molecule has 7 nitrogen and oxygen atoms in total. The van der Waals surface area contributed by atoms with Crippen molar-refractivity contribution in [2.24, 2.45) is 0 Å². The summed E-state index contributed by atoms with van der Waals surface area (Å²) in [5.74, 6) is 0.548. The van der Waals surface area contributed by atoms with E-state index in [0.29, 0.717) is 5.82 Å². The van der Waals surface area contributed by atoms with Gasteiger partial charge in [0.1, 0.15) is 6.54 Å². The Morgan fingerprint density at radius 2 is 1.68 bits per heavy atom. The first-order valence-electron chi connectivity index (χ1n) is 9.25. The van der Waals surface area contributed by atoms with Crippen molar-refractivity contribution in [3.05, 3.63) is 64.6 Å². The van der Waals surface area contributed by atoms with Crippen molar-refractivity contribution in [3.63, 3.8) is 0 Å². The number of amides is 1. The second-order valence-electron chi connectivity index (χ2n) is 6.79. The number of piperazine rings is 1. The molecule has 1 amide bonds. The number of tetrazole rings is 1. The average Bonchev–Trinajstić information content (AvgIpc) is 3.18. The zero-order chi connectivity index (χ0) is 19.3. The minimum absolute atomic E-state index is 0.0270. The summed E-state index contributed by atoms with van der Waals surface area (Å²) >= 11 is 3.41. The second kappa shape index (κ2) is 8.62. The molecule has 3 aromatic rings. The largest absolute Gasteiger partial charge is 0.338 e. The van der Waals surface area contributed by atoms with Gasteiger partial charge in [-0.3, -0.25) is 9.69 Å².